The number of nitro groups is 1. The van der Waals surface area contributed by atoms with Gasteiger partial charge in [-0.3, -0.25) is 10.1 Å². The number of nitro benzene ring substituents is 1. The zero-order valence-corrected chi connectivity index (χ0v) is 13.6. The summed E-state index contributed by atoms with van der Waals surface area (Å²) in [6, 6.07) is 3.33. The Morgan fingerprint density at radius 1 is 1.29 bits per heavy atom. The molecule has 1 rings (SSSR count). The van der Waals surface area contributed by atoms with Crippen molar-refractivity contribution >= 4 is 21.4 Å². The van der Waals surface area contributed by atoms with E-state index in [0.29, 0.717) is 0 Å². The second kappa shape index (κ2) is 5.98. The second-order valence-electron chi connectivity index (χ2n) is 5.90. The number of anilines is 1. The second-order valence-corrected chi connectivity index (χ2v) is 7.58. The minimum atomic E-state index is -3.76. The van der Waals surface area contributed by atoms with E-state index in [-0.39, 0.29) is 27.7 Å². The maximum Gasteiger partial charge on any atom is 0.271 e. The molecule has 2 N–H and O–H groups in total. The van der Waals surface area contributed by atoms with Gasteiger partial charge in [-0.15, -0.1) is 0 Å². The van der Waals surface area contributed by atoms with Gasteiger partial charge in [-0.2, -0.15) is 0 Å². The van der Waals surface area contributed by atoms with Crippen molar-refractivity contribution in [1.29, 1.82) is 0 Å². The van der Waals surface area contributed by atoms with Crippen molar-refractivity contribution in [3.8, 4) is 0 Å². The predicted octanol–water partition coefficient (Wildman–Crippen LogP) is 2.35. The highest BCUT2D eigenvalue weighted by molar-refractivity contribution is 7.89. The highest BCUT2D eigenvalue weighted by atomic mass is 32.2. The SMILES string of the molecule is CNc1cc([N+](=O)[O-])ccc1S(=O)(=O)NC(C)C(C)(C)C. The number of rotatable bonds is 5. The zero-order valence-electron chi connectivity index (χ0n) is 12.8. The number of sulfonamides is 1. The van der Waals surface area contributed by atoms with Gasteiger partial charge >= 0.3 is 0 Å². The Kier molecular flexibility index (Phi) is 4.95. The van der Waals surface area contributed by atoms with E-state index in [4.69, 9.17) is 0 Å². The largest absolute Gasteiger partial charge is 0.387 e. The average molecular weight is 315 g/mol. The van der Waals surface area contributed by atoms with Gasteiger partial charge in [0, 0.05) is 25.2 Å². The van der Waals surface area contributed by atoms with Crippen LogP contribution in [0.25, 0.3) is 0 Å². The van der Waals surface area contributed by atoms with Gasteiger partial charge in [-0.25, -0.2) is 13.1 Å². The van der Waals surface area contributed by atoms with Crippen molar-refractivity contribution < 1.29 is 13.3 Å². The van der Waals surface area contributed by atoms with Gasteiger partial charge in [0.05, 0.1) is 10.6 Å². The van der Waals surface area contributed by atoms with Crippen LogP contribution in [-0.2, 0) is 10.0 Å². The quantitative estimate of drug-likeness (QED) is 0.641. The number of non-ortho nitro benzene ring substituents is 1. The molecule has 0 saturated heterocycles. The molecule has 0 aromatic heterocycles. The lowest BCUT2D eigenvalue weighted by Crippen LogP contribution is -2.41. The highest BCUT2D eigenvalue weighted by Crippen LogP contribution is 2.27. The Balaban J connectivity index is 3.23. The summed E-state index contributed by atoms with van der Waals surface area (Å²) in [5, 5.41) is 13.4. The lowest BCUT2D eigenvalue weighted by atomic mass is 9.89. The summed E-state index contributed by atoms with van der Waals surface area (Å²) in [6.45, 7) is 7.56. The van der Waals surface area contributed by atoms with Crippen LogP contribution in [-0.4, -0.2) is 26.4 Å². The van der Waals surface area contributed by atoms with Crippen molar-refractivity contribution in [1.82, 2.24) is 4.72 Å². The molecule has 118 valence electrons. The molecule has 0 heterocycles. The number of hydrogen-bond donors (Lipinski definition) is 2. The number of benzene rings is 1. The van der Waals surface area contributed by atoms with Crippen molar-refractivity contribution in [3.05, 3.63) is 28.3 Å². The first-order chi connectivity index (χ1) is 9.49. The number of nitrogens with one attached hydrogen (secondary N) is 2. The Hall–Kier alpha value is -1.67. The van der Waals surface area contributed by atoms with Gasteiger partial charge in [-0.1, -0.05) is 20.8 Å². The topological polar surface area (TPSA) is 101 Å². The van der Waals surface area contributed by atoms with Crippen LogP contribution in [0.5, 0.6) is 0 Å². The molecule has 0 spiro atoms. The summed E-state index contributed by atoms with van der Waals surface area (Å²) >= 11 is 0. The van der Waals surface area contributed by atoms with Gasteiger partial charge in [0.15, 0.2) is 0 Å². The monoisotopic (exact) mass is 315 g/mol. The highest BCUT2D eigenvalue weighted by Gasteiger charge is 2.28. The molecule has 0 fully saturated rings. The molecular weight excluding hydrogens is 294 g/mol. The molecular formula is C13H21N3O4S. The molecule has 0 amide bonds. The molecule has 0 aliphatic heterocycles. The summed E-state index contributed by atoms with van der Waals surface area (Å²) in [7, 11) is -2.24. The standard InChI is InChI=1S/C13H21N3O4S/c1-9(13(2,3)4)15-21(19,20)12-7-6-10(16(17)18)8-11(12)14-5/h6-9,14-15H,1-5H3. The van der Waals surface area contributed by atoms with Crippen LogP contribution in [0.15, 0.2) is 23.1 Å². The van der Waals surface area contributed by atoms with Crippen LogP contribution in [0.1, 0.15) is 27.7 Å². The van der Waals surface area contributed by atoms with E-state index >= 15 is 0 Å². The molecule has 1 aromatic carbocycles. The molecule has 0 aliphatic rings. The summed E-state index contributed by atoms with van der Waals surface area (Å²) in [6.07, 6.45) is 0. The average Bonchev–Trinajstić information content (AvgIpc) is 2.36. The predicted molar refractivity (Wildman–Crippen MR) is 81.9 cm³/mol. The van der Waals surface area contributed by atoms with Crippen molar-refractivity contribution in [2.24, 2.45) is 5.41 Å². The lowest BCUT2D eigenvalue weighted by molar-refractivity contribution is -0.384. The van der Waals surface area contributed by atoms with E-state index in [0.717, 1.165) is 0 Å². The third-order valence-corrected chi connectivity index (χ3v) is 4.96. The van der Waals surface area contributed by atoms with Gasteiger partial charge in [0.25, 0.3) is 5.69 Å². The fourth-order valence-electron chi connectivity index (χ4n) is 1.53. The van der Waals surface area contributed by atoms with E-state index < -0.39 is 14.9 Å². The van der Waals surface area contributed by atoms with Crippen molar-refractivity contribution in [3.63, 3.8) is 0 Å². The zero-order chi connectivity index (χ0) is 16.4. The van der Waals surface area contributed by atoms with Crippen LogP contribution in [0, 0.1) is 15.5 Å². The van der Waals surface area contributed by atoms with E-state index in [1.54, 1.807) is 6.92 Å². The molecule has 1 unspecified atom stereocenters. The summed E-state index contributed by atoms with van der Waals surface area (Å²) < 4.78 is 27.5. The Morgan fingerprint density at radius 3 is 2.29 bits per heavy atom. The molecule has 0 bridgehead atoms. The third-order valence-electron chi connectivity index (χ3n) is 3.36. The van der Waals surface area contributed by atoms with E-state index in [9.17, 15) is 18.5 Å². The van der Waals surface area contributed by atoms with Gasteiger partial charge in [0.1, 0.15) is 4.90 Å². The first-order valence-corrected chi connectivity index (χ1v) is 7.96. The molecule has 8 heteroatoms. The molecule has 7 nitrogen and oxygen atoms in total. The fourth-order valence-corrected chi connectivity index (χ4v) is 3.18. The van der Waals surface area contributed by atoms with Crippen molar-refractivity contribution in [2.75, 3.05) is 12.4 Å². The van der Waals surface area contributed by atoms with Gasteiger partial charge in [-0.05, 0) is 18.4 Å². The normalized spacial score (nSPS) is 13.8. The van der Waals surface area contributed by atoms with E-state index in [1.807, 2.05) is 20.8 Å². The van der Waals surface area contributed by atoms with Crippen molar-refractivity contribution in [2.45, 2.75) is 38.6 Å². The first kappa shape index (κ1) is 17.4. The van der Waals surface area contributed by atoms with Crippen LogP contribution in [0.3, 0.4) is 0 Å². The number of nitrogens with zero attached hydrogens (tertiary/aromatic N) is 1. The van der Waals surface area contributed by atoms with Crippen LogP contribution in [0.4, 0.5) is 11.4 Å². The van der Waals surface area contributed by atoms with Crippen LogP contribution >= 0.6 is 0 Å². The minimum Gasteiger partial charge on any atom is -0.387 e. The van der Waals surface area contributed by atoms with Gasteiger partial charge < -0.3 is 5.32 Å². The Morgan fingerprint density at radius 2 is 1.86 bits per heavy atom. The van der Waals surface area contributed by atoms with E-state index in [2.05, 4.69) is 10.0 Å². The Bertz CT molecular complexity index is 635. The maximum absolute atomic E-state index is 12.4. The first-order valence-electron chi connectivity index (χ1n) is 6.47. The van der Waals surface area contributed by atoms with Crippen LogP contribution < -0.4 is 10.0 Å². The third kappa shape index (κ3) is 4.15. The summed E-state index contributed by atoms with van der Waals surface area (Å²) in [4.78, 5) is 10.2. The molecule has 0 aliphatic carbocycles. The summed E-state index contributed by atoms with van der Waals surface area (Å²) in [5.41, 5.74) is -0.215. The van der Waals surface area contributed by atoms with E-state index in [1.165, 1.54) is 25.2 Å². The molecule has 1 aromatic rings. The fraction of sp³-hybridized carbons (Fsp3) is 0.538. The smallest absolute Gasteiger partial charge is 0.271 e. The number of hydrogen-bond acceptors (Lipinski definition) is 5. The van der Waals surface area contributed by atoms with Crippen LogP contribution in [0.2, 0.25) is 0 Å². The molecule has 1 atom stereocenters. The molecule has 0 radical (unpaired) electrons. The molecule has 0 saturated carbocycles. The molecule has 21 heavy (non-hydrogen) atoms. The minimum absolute atomic E-state index is 0.00769. The lowest BCUT2D eigenvalue weighted by Gasteiger charge is -2.28. The maximum atomic E-state index is 12.4. The summed E-state index contributed by atoms with van der Waals surface area (Å²) in [5.74, 6) is 0. The Labute approximate surface area is 124 Å². The van der Waals surface area contributed by atoms with Gasteiger partial charge in [0.2, 0.25) is 10.0 Å².